The van der Waals surface area contributed by atoms with Crippen LogP contribution in [0.1, 0.15) is 9.67 Å². The lowest BCUT2D eigenvalue weighted by Crippen LogP contribution is -2.12. The summed E-state index contributed by atoms with van der Waals surface area (Å²) in [6.07, 6.45) is 0. The molecule has 0 bridgehead atoms. The van der Waals surface area contributed by atoms with Crippen molar-refractivity contribution in [2.75, 3.05) is 12.4 Å². The van der Waals surface area contributed by atoms with E-state index in [9.17, 15) is 14.9 Å². The Morgan fingerprint density at radius 2 is 2.20 bits per heavy atom. The number of anilines is 1. The monoisotopic (exact) mass is 356 g/mol. The van der Waals surface area contributed by atoms with E-state index in [-0.39, 0.29) is 11.4 Å². The second kappa shape index (κ2) is 6.02. The summed E-state index contributed by atoms with van der Waals surface area (Å²) < 4.78 is 5.58. The van der Waals surface area contributed by atoms with Crippen LogP contribution >= 0.6 is 27.3 Å². The third kappa shape index (κ3) is 2.97. The standard InChI is InChI=1S/C12H9BrN2O4S/c1-19-7-2-3-9(10(6-7)15(17)18)14-12(16)11-8(13)4-5-20-11/h2-6H,1H3,(H,14,16). The zero-order chi connectivity index (χ0) is 14.7. The van der Waals surface area contributed by atoms with Crippen LogP contribution in [0.3, 0.4) is 0 Å². The number of nitro groups is 1. The molecular weight excluding hydrogens is 348 g/mol. The van der Waals surface area contributed by atoms with Gasteiger partial charge in [-0.15, -0.1) is 11.3 Å². The zero-order valence-corrected chi connectivity index (χ0v) is 12.7. The molecule has 1 aromatic heterocycles. The van der Waals surface area contributed by atoms with Gasteiger partial charge >= 0.3 is 0 Å². The highest BCUT2D eigenvalue weighted by molar-refractivity contribution is 9.10. The lowest BCUT2D eigenvalue weighted by Gasteiger charge is -2.07. The summed E-state index contributed by atoms with van der Waals surface area (Å²) >= 11 is 4.49. The molecule has 8 heteroatoms. The number of carbonyl (C=O) groups excluding carboxylic acids is 1. The van der Waals surface area contributed by atoms with Crippen LogP contribution in [0.15, 0.2) is 34.1 Å². The van der Waals surface area contributed by atoms with Gasteiger partial charge in [-0.25, -0.2) is 0 Å². The Morgan fingerprint density at radius 3 is 2.75 bits per heavy atom. The van der Waals surface area contributed by atoms with Crippen LogP contribution in [0.5, 0.6) is 5.75 Å². The lowest BCUT2D eigenvalue weighted by molar-refractivity contribution is -0.384. The number of nitrogens with one attached hydrogen (secondary N) is 1. The van der Waals surface area contributed by atoms with Crippen LogP contribution in [-0.4, -0.2) is 17.9 Å². The smallest absolute Gasteiger partial charge is 0.296 e. The van der Waals surface area contributed by atoms with Crippen molar-refractivity contribution in [2.24, 2.45) is 0 Å². The predicted molar refractivity (Wildman–Crippen MR) is 79.6 cm³/mol. The Kier molecular flexibility index (Phi) is 4.35. The number of halogens is 1. The summed E-state index contributed by atoms with van der Waals surface area (Å²) in [5.74, 6) is -0.0489. The highest BCUT2D eigenvalue weighted by Crippen LogP contribution is 2.30. The highest BCUT2D eigenvalue weighted by atomic mass is 79.9. The number of methoxy groups -OCH3 is 1. The Morgan fingerprint density at radius 1 is 1.45 bits per heavy atom. The van der Waals surface area contributed by atoms with E-state index in [1.165, 1.54) is 30.6 Å². The zero-order valence-electron chi connectivity index (χ0n) is 10.3. The Hall–Kier alpha value is -1.93. The van der Waals surface area contributed by atoms with Crippen molar-refractivity contribution in [1.29, 1.82) is 0 Å². The molecule has 20 heavy (non-hydrogen) atoms. The van der Waals surface area contributed by atoms with Gasteiger partial charge in [-0.1, -0.05) is 0 Å². The second-order valence-corrected chi connectivity index (χ2v) is 5.46. The van der Waals surface area contributed by atoms with E-state index in [2.05, 4.69) is 21.2 Å². The molecule has 0 saturated heterocycles. The van der Waals surface area contributed by atoms with Crippen LogP contribution in [0.4, 0.5) is 11.4 Å². The Labute approximate surface area is 126 Å². The molecule has 0 aliphatic heterocycles. The molecule has 0 saturated carbocycles. The van der Waals surface area contributed by atoms with Crippen LogP contribution in [0.2, 0.25) is 0 Å². The van der Waals surface area contributed by atoms with E-state index >= 15 is 0 Å². The normalized spacial score (nSPS) is 10.1. The molecule has 1 amide bonds. The predicted octanol–water partition coefficient (Wildman–Crippen LogP) is 3.68. The molecule has 0 spiro atoms. The fourth-order valence-corrected chi connectivity index (χ4v) is 2.98. The fraction of sp³-hybridized carbons (Fsp3) is 0.0833. The maximum absolute atomic E-state index is 12.0. The van der Waals surface area contributed by atoms with Crippen molar-refractivity contribution in [3.05, 3.63) is 49.1 Å². The minimum absolute atomic E-state index is 0.126. The van der Waals surface area contributed by atoms with Crippen LogP contribution in [-0.2, 0) is 0 Å². The molecule has 0 fully saturated rings. The van der Waals surface area contributed by atoms with Gasteiger partial charge < -0.3 is 10.1 Å². The van der Waals surface area contributed by atoms with Gasteiger partial charge in [0.1, 0.15) is 16.3 Å². The molecule has 6 nitrogen and oxygen atoms in total. The van der Waals surface area contributed by atoms with E-state index in [0.717, 1.165) is 0 Å². The number of hydrogen-bond donors (Lipinski definition) is 1. The van der Waals surface area contributed by atoms with E-state index in [0.29, 0.717) is 15.1 Å². The van der Waals surface area contributed by atoms with Crippen molar-refractivity contribution < 1.29 is 14.5 Å². The van der Waals surface area contributed by atoms with Crippen molar-refractivity contribution in [2.45, 2.75) is 0 Å². The topological polar surface area (TPSA) is 81.5 Å². The molecule has 104 valence electrons. The summed E-state index contributed by atoms with van der Waals surface area (Å²) in [5, 5.41) is 15.3. The average Bonchev–Trinajstić information content (AvgIpc) is 2.85. The summed E-state index contributed by atoms with van der Waals surface area (Å²) in [5.41, 5.74) is -0.0912. The number of benzene rings is 1. The Bertz CT molecular complexity index is 671. The van der Waals surface area contributed by atoms with Gasteiger partial charge in [-0.05, 0) is 39.5 Å². The van der Waals surface area contributed by atoms with E-state index in [1.54, 1.807) is 17.5 Å². The van der Waals surface area contributed by atoms with Gasteiger partial charge in [0.2, 0.25) is 0 Å². The van der Waals surface area contributed by atoms with Crippen molar-refractivity contribution >= 4 is 44.5 Å². The van der Waals surface area contributed by atoms with Gasteiger partial charge in [-0.3, -0.25) is 14.9 Å². The SMILES string of the molecule is COc1ccc(NC(=O)c2sccc2Br)c([N+](=O)[O-])c1. The first-order valence-corrected chi connectivity index (χ1v) is 7.07. The third-order valence-corrected chi connectivity index (χ3v) is 4.31. The van der Waals surface area contributed by atoms with Gasteiger partial charge in [0.25, 0.3) is 11.6 Å². The number of amides is 1. The number of rotatable bonds is 4. The number of carbonyl (C=O) groups is 1. The molecule has 0 unspecified atom stereocenters. The first-order chi connectivity index (χ1) is 9.52. The summed E-state index contributed by atoms with van der Waals surface area (Å²) in [4.78, 5) is 22.9. The fourth-order valence-electron chi connectivity index (χ4n) is 1.53. The molecule has 2 rings (SSSR count). The quantitative estimate of drug-likeness (QED) is 0.669. The van der Waals surface area contributed by atoms with E-state index < -0.39 is 10.8 Å². The molecule has 0 radical (unpaired) electrons. The van der Waals surface area contributed by atoms with Gasteiger partial charge in [-0.2, -0.15) is 0 Å². The number of hydrogen-bond acceptors (Lipinski definition) is 5. The maximum atomic E-state index is 12.0. The molecule has 1 heterocycles. The Balaban J connectivity index is 2.32. The van der Waals surface area contributed by atoms with Gasteiger partial charge in [0.05, 0.1) is 18.1 Å². The number of nitro benzene ring substituents is 1. The van der Waals surface area contributed by atoms with Crippen molar-refractivity contribution in [3.63, 3.8) is 0 Å². The molecule has 1 N–H and O–H groups in total. The first-order valence-electron chi connectivity index (χ1n) is 5.39. The summed E-state index contributed by atoms with van der Waals surface area (Å²) in [6, 6.07) is 5.99. The summed E-state index contributed by atoms with van der Waals surface area (Å²) in [7, 11) is 1.42. The molecular formula is C12H9BrN2O4S. The molecule has 0 aliphatic rings. The van der Waals surface area contributed by atoms with E-state index in [4.69, 9.17) is 4.74 Å². The van der Waals surface area contributed by atoms with Crippen molar-refractivity contribution in [1.82, 2.24) is 0 Å². The minimum Gasteiger partial charge on any atom is -0.496 e. The lowest BCUT2D eigenvalue weighted by atomic mass is 10.2. The van der Waals surface area contributed by atoms with Crippen molar-refractivity contribution in [3.8, 4) is 5.75 Å². The molecule has 1 aromatic carbocycles. The maximum Gasteiger partial charge on any atom is 0.296 e. The van der Waals surface area contributed by atoms with Gasteiger partial charge in [0.15, 0.2) is 0 Å². The second-order valence-electron chi connectivity index (χ2n) is 3.69. The number of thiophene rings is 1. The molecule has 0 atom stereocenters. The largest absolute Gasteiger partial charge is 0.496 e. The molecule has 0 aliphatic carbocycles. The third-order valence-electron chi connectivity index (χ3n) is 2.47. The average molecular weight is 357 g/mol. The van der Waals surface area contributed by atoms with Crippen LogP contribution in [0, 0.1) is 10.1 Å². The molecule has 2 aromatic rings. The number of ether oxygens (including phenoxy) is 1. The van der Waals surface area contributed by atoms with Crippen LogP contribution in [0.25, 0.3) is 0 Å². The van der Waals surface area contributed by atoms with E-state index in [1.807, 2.05) is 0 Å². The highest BCUT2D eigenvalue weighted by Gasteiger charge is 2.19. The van der Waals surface area contributed by atoms with Gasteiger partial charge in [0, 0.05) is 4.47 Å². The summed E-state index contributed by atoms with van der Waals surface area (Å²) in [6.45, 7) is 0. The number of nitrogens with zero attached hydrogens (tertiary/aromatic N) is 1. The van der Waals surface area contributed by atoms with Crippen LogP contribution < -0.4 is 10.1 Å². The minimum atomic E-state index is -0.568. The first kappa shape index (κ1) is 14.5.